The number of fused-ring (bicyclic) bond motifs is 4. The molecular formula is C54H89N19O5S+4. The maximum Gasteiger partial charge on any atom is 0.257 e. The van der Waals surface area contributed by atoms with Gasteiger partial charge in [0.15, 0.2) is 32.2 Å². The highest BCUT2D eigenvalue weighted by molar-refractivity contribution is 7.90. The van der Waals surface area contributed by atoms with E-state index in [1.807, 2.05) is 126 Å². The van der Waals surface area contributed by atoms with E-state index in [1.54, 1.807) is 26.9 Å². The summed E-state index contributed by atoms with van der Waals surface area (Å²) in [6.45, 7) is 5.26. The van der Waals surface area contributed by atoms with E-state index < -0.39 is 9.84 Å². The molecule has 1 atom stereocenters. The minimum absolute atomic E-state index is 0.0663. The molecule has 1 unspecified atom stereocenters. The highest BCUT2D eigenvalue weighted by Crippen LogP contribution is 2.36. The number of hydrogen-bond donors (Lipinski definition) is 4. The molecule has 8 aromatic rings. The molecule has 79 heavy (non-hydrogen) atoms. The molecule has 9 heterocycles. The lowest BCUT2D eigenvalue weighted by atomic mass is 10.2. The van der Waals surface area contributed by atoms with E-state index in [1.165, 1.54) is 10.9 Å². The van der Waals surface area contributed by atoms with Crippen LogP contribution in [0.1, 0.15) is 6.42 Å². The lowest BCUT2D eigenvalue weighted by Gasteiger charge is -2.31. The summed E-state index contributed by atoms with van der Waals surface area (Å²) < 4.78 is 50.0. The van der Waals surface area contributed by atoms with Gasteiger partial charge in [-0.2, -0.15) is 5.10 Å². The minimum Gasteiger partial charge on any atom is -0.478 e. The zero-order valence-corrected chi connectivity index (χ0v) is 50.7. The van der Waals surface area contributed by atoms with Crippen LogP contribution < -0.4 is 55.9 Å². The molecule has 0 aromatic carbocycles. The molecule has 25 heteroatoms. The largest absolute Gasteiger partial charge is 0.478 e. The van der Waals surface area contributed by atoms with Crippen molar-refractivity contribution in [3.8, 4) is 17.6 Å². The minimum atomic E-state index is -3.42. The average Bonchev–Trinajstić information content (AvgIpc) is 4.37. The summed E-state index contributed by atoms with van der Waals surface area (Å²) in [5, 5.41) is 17.2. The third-order valence-corrected chi connectivity index (χ3v) is 14.5. The van der Waals surface area contributed by atoms with E-state index in [4.69, 9.17) is 37.1 Å². The van der Waals surface area contributed by atoms with Crippen molar-refractivity contribution in [3.05, 3.63) is 73.3 Å². The second kappa shape index (κ2) is 23.6. The number of quaternary nitrogens is 4. The Kier molecular flexibility index (Phi) is 18.2. The summed E-state index contributed by atoms with van der Waals surface area (Å²) in [5.41, 5.74) is 33.9. The normalized spacial score (nSPS) is 14.4. The van der Waals surface area contributed by atoms with Crippen LogP contribution in [0.4, 0.5) is 45.5 Å². The Labute approximate surface area is 466 Å². The van der Waals surface area contributed by atoms with Gasteiger partial charge in [-0.3, -0.25) is 13.9 Å². The molecule has 0 aliphatic carbocycles. The number of likely N-dealkylation sites (tertiary alicyclic amines) is 1. The van der Waals surface area contributed by atoms with Gasteiger partial charge in [0.2, 0.25) is 5.03 Å². The molecule has 8 N–H and O–H groups in total. The fourth-order valence-electron chi connectivity index (χ4n) is 9.11. The molecule has 0 spiro atoms. The number of ether oxygens (including phenoxy) is 3. The molecule has 1 saturated heterocycles. The SMILES string of the molecule is CN(C)c1cccn2nc(OCCN3CCC([N+](C)(C)C)C3)c(N)c12.CN(C)c1cccn2nc(OCC[N+](C)(C)C)c(N)c12.COc1nn2cccc([N+](C)(C)C)c2c1N.C[N+](C)(C)c1cccn2nc(S(C)(=O)=O)c(N)c12. The number of aromatic nitrogens is 8. The number of methoxy groups -OCH3 is 1. The molecule has 1 aliphatic rings. The molecule has 1 fully saturated rings. The summed E-state index contributed by atoms with van der Waals surface area (Å²) in [7, 11) is 31.5. The van der Waals surface area contributed by atoms with Gasteiger partial charge in [0.05, 0.1) is 110 Å². The first kappa shape index (κ1) is 60.9. The van der Waals surface area contributed by atoms with Crippen LogP contribution in [0.2, 0.25) is 0 Å². The van der Waals surface area contributed by atoms with Crippen molar-refractivity contribution in [1.82, 2.24) is 52.3 Å². The lowest BCUT2D eigenvalue weighted by Crippen LogP contribution is -2.46. The van der Waals surface area contributed by atoms with Gasteiger partial charge in [-0.15, -0.1) is 15.3 Å². The Morgan fingerprint density at radius 2 is 0.987 bits per heavy atom. The van der Waals surface area contributed by atoms with Crippen LogP contribution in [-0.2, 0) is 9.84 Å². The molecule has 24 nitrogen and oxygen atoms in total. The van der Waals surface area contributed by atoms with E-state index >= 15 is 0 Å². The van der Waals surface area contributed by atoms with E-state index in [-0.39, 0.29) is 10.7 Å². The molecule has 1 aliphatic heterocycles. The Hall–Kier alpha value is -7.29. The van der Waals surface area contributed by atoms with Crippen molar-refractivity contribution in [3.63, 3.8) is 0 Å². The fraction of sp³-hybridized carbons (Fsp3) is 0.481. The van der Waals surface area contributed by atoms with Gasteiger partial charge >= 0.3 is 0 Å². The summed E-state index contributed by atoms with van der Waals surface area (Å²) >= 11 is 0. The van der Waals surface area contributed by atoms with Crippen LogP contribution in [0.5, 0.6) is 17.6 Å². The molecular weight excluding hydrogens is 1030 g/mol. The van der Waals surface area contributed by atoms with Gasteiger partial charge in [0.25, 0.3) is 17.6 Å². The number of nitrogen functional groups attached to an aromatic ring is 4. The standard InChI is InChI=1S/C18H31N6O.C14H24N5O.C11H17N4O2S.C11H17N4O/c1-21(2)15-7-6-9-23-17(15)16(19)18(20-23)25-12-11-22-10-8-14(13-22)24(3,4)5;1-17(2)11-7-6-8-18-13(11)12(15)14(16-18)20-10-9-19(3,4)5;1-15(2,3)8-6-5-7-14-10(8)9(12)11(13-14)18(4,16)17;1-15(2,3)8-6-5-7-14-10(8)9(12)11(13-14)16-4/h6-7,9,14H,8,10-13,19H2,1-5H3;6-8H,9-10,15H2,1-5H3;5-7H,12H2,1-4H3;5-7H,12H2,1-4H3/q4*+1. The molecule has 8 aromatic heterocycles. The quantitative estimate of drug-likeness (QED) is 0.107. The number of nitrogens with two attached hydrogens (primary N) is 4. The van der Waals surface area contributed by atoms with Crippen LogP contribution in [-0.4, -0.2) is 232 Å². The third kappa shape index (κ3) is 14.3. The molecule has 9 rings (SSSR count). The summed E-state index contributed by atoms with van der Waals surface area (Å²) in [6, 6.07) is 16.4. The smallest absolute Gasteiger partial charge is 0.257 e. The number of sulfone groups is 1. The predicted octanol–water partition coefficient (Wildman–Crippen LogP) is 3.85. The first-order chi connectivity index (χ1) is 36.6. The van der Waals surface area contributed by atoms with Crippen LogP contribution in [0.3, 0.4) is 0 Å². The second-order valence-corrected chi connectivity index (χ2v) is 25.9. The van der Waals surface area contributed by atoms with Gasteiger partial charge in [-0.05, 0) is 36.4 Å². The Morgan fingerprint density at radius 3 is 1.39 bits per heavy atom. The number of hydrogen-bond acceptors (Lipinski definition) is 16. The zero-order chi connectivity index (χ0) is 58.7. The van der Waals surface area contributed by atoms with Gasteiger partial charge < -0.3 is 55.9 Å². The summed E-state index contributed by atoms with van der Waals surface area (Å²) in [5.74, 6) is 1.50. The number of rotatable bonds is 15. The van der Waals surface area contributed by atoms with Crippen LogP contribution in [0, 0.1) is 0 Å². The van der Waals surface area contributed by atoms with Crippen LogP contribution in [0.25, 0.3) is 22.1 Å². The van der Waals surface area contributed by atoms with E-state index in [0.717, 1.165) is 80.7 Å². The summed E-state index contributed by atoms with van der Waals surface area (Å²) in [4.78, 5) is 6.51. The number of anilines is 6. The van der Waals surface area contributed by atoms with Crippen molar-refractivity contribution >= 4 is 77.4 Å². The second-order valence-electron chi connectivity index (χ2n) is 24.0. The Balaban J connectivity index is 0.000000172. The van der Waals surface area contributed by atoms with Crippen LogP contribution in [0.15, 0.2) is 78.3 Å². The fourth-order valence-corrected chi connectivity index (χ4v) is 9.85. The maximum absolute atomic E-state index is 11.6. The third-order valence-electron chi connectivity index (χ3n) is 13.5. The molecule has 0 radical (unpaired) electrons. The van der Waals surface area contributed by atoms with Crippen molar-refractivity contribution in [2.75, 3.05) is 198 Å². The van der Waals surface area contributed by atoms with E-state index in [9.17, 15) is 8.42 Å². The lowest BCUT2D eigenvalue weighted by molar-refractivity contribution is -0.893. The zero-order valence-electron chi connectivity index (χ0n) is 49.9. The maximum atomic E-state index is 11.6. The Bertz CT molecular complexity index is 3480. The highest BCUT2D eigenvalue weighted by Gasteiger charge is 2.32. The molecule has 432 valence electrons. The van der Waals surface area contributed by atoms with Crippen molar-refractivity contribution < 1.29 is 31.6 Å². The van der Waals surface area contributed by atoms with Gasteiger partial charge in [0, 0.05) is 90.9 Å². The summed E-state index contributed by atoms with van der Waals surface area (Å²) in [6.07, 6.45) is 9.69. The van der Waals surface area contributed by atoms with Gasteiger partial charge in [-0.1, -0.05) is 0 Å². The highest BCUT2D eigenvalue weighted by atomic mass is 32.2. The first-order valence-corrected chi connectivity index (χ1v) is 27.9. The van der Waals surface area contributed by atoms with Crippen molar-refractivity contribution in [2.24, 2.45) is 0 Å². The van der Waals surface area contributed by atoms with Gasteiger partial charge in [0.1, 0.15) is 59.6 Å². The molecule has 0 amide bonds. The Morgan fingerprint density at radius 1 is 0.582 bits per heavy atom. The van der Waals surface area contributed by atoms with E-state index in [2.05, 4.69) is 88.7 Å². The van der Waals surface area contributed by atoms with E-state index in [0.29, 0.717) is 68.4 Å². The number of pyridine rings is 4. The number of likely N-dealkylation sites (N-methyl/N-ethyl adjacent to an activating group) is 2. The molecule has 0 saturated carbocycles. The average molecular weight is 1120 g/mol. The topological polar surface area (TPSA) is 245 Å². The van der Waals surface area contributed by atoms with Gasteiger partial charge in [-0.25, -0.2) is 26.5 Å². The predicted molar refractivity (Wildman–Crippen MR) is 323 cm³/mol. The van der Waals surface area contributed by atoms with Crippen molar-refractivity contribution in [2.45, 2.75) is 17.5 Å². The van der Waals surface area contributed by atoms with Crippen molar-refractivity contribution in [1.29, 1.82) is 0 Å². The monoisotopic (exact) mass is 1120 g/mol. The van der Waals surface area contributed by atoms with Crippen LogP contribution >= 0.6 is 0 Å². The molecule has 0 bridgehead atoms. The first-order valence-electron chi connectivity index (χ1n) is 26.0. The number of nitrogens with zero attached hydrogens (tertiary/aromatic N) is 15.